The summed E-state index contributed by atoms with van der Waals surface area (Å²) < 4.78 is 1.93. The Balaban J connectivity index is 1.74. The molecule has 0 fully saturated rings. The lowest BCUT2D eigenvalue weighted by Crippen LogP contribution is -2.21. The molecule has 1 aromatic heterocycles. The molecule has 3 aromatic rings. The zero-order valence-electron chi connectivity index (χ0n) is 18.8. The number of aromatic nitrogens is 3. The molecule has 0 bridgehead atoms. The standard InChI is InChI=1S/C24H28N6O2S/c1-4-15-30-23(17-11-13-18(14-12-17)29(5-2)6-3)27-28-24(30)33-16-21(31)26-20-10-8-7-9-19(20)22(25)32/h4,7-14H,1,5-6,15-16H2,2-3H3,(H2,25,32)(H,26,31). The average molecular weight is 465 g/mol. The zero-order valence-corrected chi connectivity index (χ0v) is 19.6. The Bertz CT molecular complexity index is 1120. The highest BCUT2D eigenvalue weighted by Gasteiger charge is 2.16. The second-order valence-electron chi connectivity index (χ2n) is 7.17. The molecule has 8 nitrogen and oxygen atoms in total. The fourth-order valence-corrected chi connectivity index (χ4v) is 4.18. The molecule has 0 saturated carbocycles. The van der Waals surface area contributed by atoms with Crippen LogP contribution in [0.5, 0.6) is 0 Å². The predicted molar refractivity (Wildman–Crippen MR) is 134 cm³/mol. The molecule has 2 amide bonds. The van der Waals surface area contributed by atoms with E-state index in [1.54, 1.807) is 30.3 Å². The number of hydrogen-bond acceptors (Lipinski definition) is 6. The molecule has 9 heteroatoms. The second kappa shape index (κ2) is 11.3. The number of nitrogens with zero attached hydrogens (tertiary/aromatic N) is 4. The van der Waals surface area contributed by atoms with Crippen molar-refractivity contribution in [3.05, 3.63) is 66.7 Å². The minimum absolute atomic E-state index is 0.100. The number of carbonyl (C=O) groups excluding carboxylic acids is 2. The summed E-state index contributed by atoms with van der Waals surface area (Å²) in [6.45, 7) is 10.5. The molecule has 33 heavy (non-hydrogen) atoms. The van der Waals surface area contributed by atoms with Gasteiger partial charge in [-0.25, -0.2) is 0 Å². The lowest BCUT2D eigenvalue weighted by atomic mass is 10.1. The minimum Gasteiger partial charge on any atom is -0.372 e. The Morgan fingerprint density at radius 3 is 2.45 bits per heavy atom. The Labute approximate surface area is 197 Å². The number of nitrogens with two attached hydrogens (primary N) is 1. The minimum atomic E-state index is -0.596. The first-order valence-electron chi connectivity index (χ1n) is 10.7. The van der Waals surface area contributed by atoms with Crippen molar-refractivity contribution in [2.24, 2.45) is 5.73 Å². The van der Waals surface area contributed by atoms with E-state index >= 15 is 0 Å². The summed E-state index contributed by atoms with van der Waals surface area (Å²) in [4.78, 5) is 26.3. The van der Waals surface area contributed by atoms with Crippen LogP contribution in [0.2, 0.25) is 0 Å². The van der Waals surface area contributed by atoms with Gasteiger partial charge < -0.3 is 16.0 Å². The predicted octanol–water partition coefficient (Wildman–Crippen LogP) is 3.81. The Kier molecular flexibility index (Phi) is 8.26. The van der Waals surface area contributed by atoms with Gasteiger partial charge in [0, 0.05) is 30.9 Å². The van der Waals surface area contributed by atoms with Gasteiger partial charge in [-0.3, -0.25) is 14.2 Å². The number of para-hydroxylation sites is 1. The van der Waals surface area contributed by atoms with Gasteiger partial charge in [-0.15, -0.1) is 16.8 Å². The molecule has 0 saturated heterocycles. The van der Waals surface area contributed by atoms with E-state index < -0.39 is 5.91 Å². The van der Waals surface area contributed by atoms with E-state index in [1.165, 1.54) is 11.8 Å². The highest BCUT2D eigenvalue weighted by Crippen LogP contribution is 2.26. The van der Waals surface area contributed by atoms with Crippen molar-refractivity contribution in [1.82, 2.24) is 14.8 Å². The third kappa shape index (κ3) is 5.81. The van der Waals surface area contributed by atoms with E-state index in [1.807, 2.05) is 16.7 Å². The van der Waals surface area contributed by atoms with E-state index in [4.69, 9.17) is 5.73 Å². The van der Waals surface area contributed by atoms with Gasteiger partial charge in [0.25, 0.3) is 5.91 Å². The summed E-state index contributed by atoms with van der Waals surface area (Å²) in [5, 5.41) is 12.0. The number of rotatable bonds is 11. The average Bonchev–Trinajstić information content (AvgIpc) is 3.22. The molecule has 0 radical (unpaired) electrons. The molecular formula is C24H28N6O2S. The smallest absolute Gasteiger partial charge is 0.250 e. The lowest BCUT2D eigenvalue weighted by molar-refractivity contribution is -0.113. The number of primary amides is 1. The van der Waals surface area contributed by atoms with Gasteiger partial charge >= 0.3 is 0 Å². The summed E-state index contributed by atoms with van der Waals surface area (Å²) in [6, 6.07) is 14.8. The Morgan fingerprint density at radius 1 is 1.12 bits per heavy atom. The molecular weight excluding hydrogens is 436 g/mol. The zero-order chi connectivity index (χ0) is 23.8. The Hall–Kier alpha value is -3.59. The number of benzene rings is 2. The van der Waals surface area contributed by atoms with Crippen molar-refractivity contribution in [1.29, 1.82) is 0 Å². The fraction of sp³-hybridized carbons (Fsp3) is 0.250. The van der Waals surface area contributed by atoms with E-state index in [0.717, 1.165) is 24.3 Å². The Morgan fingerprint density at radius 2 is 1.82 bits per heavy atom. The highest BCUT2D eigenvalue weighted by molar-refractivity contribution is 7.99. The molecule has 0 atom stereocenters. The second-order valence-corrected chi connectivity index (χ2v) is 8.11. The maximum atomic E-state index is 12.5. The number of anilines is 2. The van der Waals surface area contributed by atoms with E-state index in [9.17, 15) is 9.59 Å². The maximum absolute atomic E-state index is 12.5. The number of amides is 2. The number of thioether (sulfide) groups is 1. The summed E-state index contributed by atoms with van der Waals surface area (Å²) >= 11 is 1.26. The molecule has 3 N–H and O–H groups in total. The maximum Gasteiger partial charge on any atom is 0.250 e. The van der Waals surface area contributed by atoms with Crippen LogP contribution < -0.4 is 16.0 Å². The first-order valence-corrected chi connectivity index (χ1v) is 11.7. The van der Waals surface area contributed by atoms with Gasteiger partial charge in [0.05, 0.1) is 17.0 Å². The van der Waals surface area contributed by atoms with Crippen LogP contribution in [0.4, 0.5) is 11.4 Å². The van der Waals surface area contributed by atoms with Crippen molar-refractivity contribution in [2.75, 3.05) is 29.1 Å². The third-order valence-electron chi connectivity index (χ3n) is 5.08. The van der Waals surface area contributed by atoms with Gasteiger partial charge in [-0.1, -0.05) is 30.0 Å². The van der Waals surface area contributed by atoms with Crippen LogP contribution in [-0.4, -0.2) is 45.4 Å². The third-order valence-corrected chi connectivity index (χ3v) is 6.05. The number of allylic oxidation sites excluding steroid dienone is 1. The van der Waals surface area contributed by atoms with Gasteiger partial charge in [-0.2, -0.15) is 0 Å². The largest absolute Gasteiger partial charge is 0.372 e. The molecule has 0 unspecified atom stereocenters. The van der Waals surface area contributed by atoms with Crippen LogP contribution in [0, 0.1) is 0 Å². The van der Waals surface area contributed by atoms with E-state index in [-0.39, 0.29) is 17.2 Å². The van der Waals surface area contributed by atoms with Crippen molar-refractivity contribution < 1.29 is 9.59 Å². The van der Waals surface area contributed by atoms with Gasteiger partial charge in [0.1, 0.15) is 0 Å². The van der Waals surface area contributed by atoms with Crippen LogP contribution in [0.3, 0.4) is 0 Å². The number of carbonyl (C=O) groups is 2. The van der Waals surface area contributed by atoms with Crippen LogP contribution in [0.1, 0.15) is 24.2 Å². The molecule has 0 aliphatic heterocycles. The topological polar surface area (TPSA) is 106 Å². The summed E-state index contributed by atoms with van der Waals surface area (Å²) in [7, 11) is 0. The fourth-order valence-electron chi connectivity index (χ4n) is 3.44. The number of nitrogens with one attached hydrogen (secondary N) is 1. The van der Waals surface area contributed by atoms with Gasteiger partial charge in [-0.05, 0) is 50.2 Å². The quantitative estimate of drug-likeness (QED) is 0.330. The van der Waals surface area contributed by atoms with E-state index in [0.29, 0.717) is 23.2 Å². The summed E-state index contributed by atoms with van der Waals surface area (Å²) in [6.07, 6.45) is 1.77. The van der Waals surface area contributed by atoms with Crippen molar-refractivity contribution in [3.63, 3.8) is 0 Å². The molecule has 1 heterocycles. The van der Waals surface area contributed by atoms with Gasteiger partial charge in [0.15, 0.2) is 11.0 Å². The van der Waals surface area contributed by atoms with Crippen LogP contribution in [-0.2, 0) is 11.3 Å². The van der Waals surface area contributed by atoms with Crippen LogP contribution >= 0.6 is 11.8 Å². The molecule has 0 aliphatic carbocycles. The molecule has 0 spiro atoms. The first-order chi connectivity index (χ1) is 16.0. The van der Waals surface area contributed by atoms with E-state index in [2.05, 4.69) is 53.0 Å². The molecule has 0 aliphatic rings. The van der Waals surface area contributed by atoms with Crippen molar-refractivity contribution >= 4 is 35.0 Å². The lowest BCUT2D eigenvalue weighted by Gasteiger charge is -2.21. The molecule has 172 valence electrons. The van der Waals surface area contributed by atoms with Crippen molar-refractivity contribution in [2.45, 2.75) is 25.5 Å². The number of hydrogen-bond donors (Lipinski definition) is 2. The SMILES string of the molecule is C=CCn1c(SCC(=O)Nc2ccccc2C(N)=O)nnc1-c1ccc(N(CC)CC)cc1. The summed E-state index contributed by atoms with van der Waals surface area (Å²) in [5.41, 5.74) is 8.12. The normalized spacial score (nSPS) is 10.6. The summed E-state index contributed by atoms with van der Waals surface area (Å²) in [5.74, 6) is -0.0561. The van der Waals surface area contributed by atoms with Gasteiger partial charge in [0.2, 0.25) is 5.91 Å². The highest BCUT2D eigenvalue weighted by atomic mass is 32.2. The van der Waals surface area contributed by atoms with Crippen LogP contribution in [0.25, 0.3) is 11.4 Å². The monoisotopic (exact) mass is 464 g/mol. The molecule has 3 rings (SSSR count). The molecule has 2 aromatic carbocycles. The van der Waals surface area contributed by atoms with Crippen molar-refractivity contribution in [3.8, 4) is 11.4 Å². The first kappa shape index (κ1) is 24.1. The van der Waals surface area contributed by atoms with Crippen LogP contribution in [0.15, 0.2) is 66.3 Å².